The van der Waals surface area contributed by atoms with Gasteiger partial charge in [0, 0.05) is 5.56 Å². The molecule has 0 radical (unpaired) electrons. The summed E-state index contributed by atoms with van der Waals surface area (Å²) in [6.45, 7) is 1.78. The van der Waals surface area contributed by atoms with Gasteiger partial charge in [-0.2, -0.15) is 0 Å². The highest BCUT2D eigenvalue weighted by atomic mass is 16.4. The first-order valence-electron chi connectivity index (χ1n) is 4.10. The molecule has 0 aliphatic rings. The quantitative estimate of drug-likeness (QED) is 0.660. The van der Waals surface area contributed by atoms with E-state index in [9.17, 15) is 9.90 Å². The van der Waals surface area contributed by atoms with Gasteiger partial charge < -0.3 is 10.2 Å². The summed E-state index contributed by atoms with van der Waals surface area (Å²) >= 11 is 0. The molecule has 0 spiro atoms. The summed E-state index contributed by atoms with van der Waals surface area (Å²) in [4.78, 5) is 10.2. The van der Waals surface area contributed by atoms with E-state index in [0.29, 0.717) is 5.56 Å². The lowest BCUT2D eigenvalue weighted by Crippen LogP contribution is -1.90. The number of benzene rings is 1. The topological polar surface area (TPSA) is 57.5 Å². The van der Waals surface area contributed by atoms with E-state index in [1.54, 1.807) is 19.1 Å². The molecule has 0 aliphatic carbocycles. The van der Waals surface area contributed by atoms with Gasteiger partial charge in [0.15, 0.2) is 0 Å². The second-order valence-electron chi connectivity index (χ2n) is 2.87. The van der Waals surface area contributed by atoms with Gasteiger partial charge in [-0.3, -0.25) is 4.79 Å². The molecule has 0 amide bonds. The third-order valence-electron chi connectivity index (χ3n) is 1.68. The number of carboxylic acid groups (broad SMARTS) is 1. The second kappa shape index (κ2) is 4.33. The molecule has 2 N–H and O–H groups in total. The monoisotopic (exact) mass is 190 g/mol. The van der Waals surface area contributed by atoms with Crippen LogP contribution in [0, 0.1) is 18.8 Å². The third-order valence-corrected chi connectivity index (χ3v) is 1.68. The summed E-state index contributed by atoms with van der Waals surface area (Å²) in [6, 6.07) is 4.99. The molecule has 0 saturated carbocycles. The van der Waals surface area contributed by atoms with Gasteiger partial charge in [0.1, 0.15) is 12.2 Å². The molecule has 72 valence electrons. The van der Waals surface area contributed by atoms with Crippen molar-refractivity contribution in [2.45, 2.75) is 13.3 Å². The van der Waals surface area contributed by atoms with E-state index in [4.69, 9.17) is 5.11 Å². The van der Waals surface area contributed by atoms with E-state index < -0.39 is 5.97 Å². The van der Waals surface area contributed by atoms with Crippen LogP contribution in [0.3, 0.4) is 0 Å². The van der Waals surface area contributed by atoms with Crippen LogP contribution in [0.25, 0.3) is 0 Å². The van der Waals surface area contributed by atoms with Crippen molar-refractivity contribution in [1.82, 2.24) is 0 Å². The lowest BCUT2D eigenvalue weighted by molar-refractivity contribution is -0.135. The SMILES string of the molecule is Cc1ccc(C#CCC(=O)O)cc1O. The van der Waals surface area contributed by atoms with Crippen LogP contribution in [0.15, 0.2) is 18.2 Å². The number of hydrogen-bond donors (Lipinski definition) is 2. The van der Waals surface area contributed by atoms with Crippen LogP contribution < -0.4 is 0 Å². The molecule has 0 saturated heterocycles. The van der Waals surface area contributed by atoms with E-state index in [2.05, 4.69) is 11.8 Å². The predicted octanol–water partition coefficient (Wildman–Crippen LogP) is 1.53. The fraction of sp³-hybridized carbons (Fsp3) is 0.182. The number of aryl methyl sites for hydroxylation is 1. The highest BCUT2D eigenvalue weighted by Gasteiger charge is 1.95. The molecule has 0 heterocycles. The Morgan fingerprint density at radius 3 is 2.79 bits per heavy atom. The fourth-order valence-corrected chi connectivity index (χ4v) is 0.909. The van der Waals surface area contributed by atoms with Gasteiger partial charge >= 0.3 is 5.97 Å². The molecule has 3 heteroatoms. The molecule has 0 aromatic heterocycles. The molecule has 1 aromatic carbocycles. The standard InChI is InChI=1S/C11H10O3/c1-8-5-6-9(7-10(8)12)3-2-4-11(13)14/h5-7,12H,4H2,1H3,(H,13,14). The average molecular weight is 190 g/mol. The van der Waals surface area contributed by atoms with Crippen molar-refractivity contribution in [3.63, 3.8) is 0 Å². The molecule has 0 fully saturated rings. The van der Waals surface area contributed by atoms with Crippen LogP contribution in [0.2, 0.25) is 0 Å². The fourth-order valence-electron chi connectivity index (χ4n) is 0.909. The predicted molar refractivity (Wildman–Crippen MR) is 52.0 cm³/mol. The number of rotatable bonds is 1. The molecule has 1 rings (SSSR count). The molecule has 1 aromatic rings. The molecule has 3 nitrogen and oxygen atoms in total. The van der Waals surface area contributed by atoms with Gasteiger partial charge in [0.25, 0.3) is 0 Å². The zero-order chi connectivity index (χ0) is 10.6. The maximum absolute atomic E-state index is 10.2. The van der Waals surface area contributed by atoms with Crippen molar-refractivity contribution in [2.24, 2.45) is 0 Å². The maximum atomic E-state index is 10.2. The molecular formula is C11H10O3. The normalized spacial score (nSPS) is 8.93. The van der Waals surface area contributed by atoms with E-state index in [-0.39, 0.29) is 12.2 Å². The molecule has 0 bridgehead atoms. The minimum atomic E-state index is -0.950. The van der Waals surface area contributed by atoms with Crippen molar-refractivity contribution >= 4 is 5.97 Å². The summed E-state index contributed by atoms with van der Waals surface area (Å²) in [6.07, 6.45) is -0.186. The minimum absolute atomic E-state index is 0.173. The van der Waals surface area contributed by atoms with Crippen LogP contribution >= 0.6 is 0 Å². The van der Waals surface area contributed by atoms with Gasteiger partial charge in [-0.05, 0) is 24.6 Å². The maximum Gasteiger partial charge on any atom is 0.315 e. The van der Waals surface area contributed by atoms with E-state index in [1.165, 1.54) is 6.07 Å². The zero-order valence-electron chi connectivity index (χ0n) is 7.74. The highest BCUT2D eigenvalue weighted by molar-refractivity contribution is 5.70. The summed E-state index contributed by atoms with van der Waals surface area (Å²) in [5.74, 6) is 4.36. The van der Waals surface area contributed by atoms with E-state index in [0.717, 1.165) is 5.56 Å². The number of phenolic OH excluding ortho intramolecular Hbond substituents is 1. The smallest absolute Gasteiger partial charge is 0.315 e. The molecule has 0 aliphatic heterocycles. The van der Waals surface area contributed by atoms with E-state index in [1.807, 2.05) is 0 Å². The third kappa shape index (κ3) is 2.83. The van der Waals surface area contributed by atoms with Crippen molar-refractivity contribution in [3.05, 3.63) is 29.3 Å². The summed E-state index contributed by atoms with van der Waals surface area (Å²) < 4.78 is 0. The van der Waals surface area contributed by atoms with Crippen LogP contribution in [0.1, 0.15) is 17.5 Å². The molecule has 0 unspecified atom stereocenters. The Kier molecular flexibility index (Phi) is 3.14. The Hall–Kier alpha value is -1.95. The lowest BCUT2D eigenvalue weighted by atomic mass is 10.1. The van der Waals surface area contributed by atoms with Crippen LogP contribution in [-0.4, -0.2) is 16.2 Å². The number of phenols is 1. The lowest BCUT2D eigenvalue weighted by Gasteiger charge is -1.97. The Bertz CT molecular complexity index is 410. The van der Waals surface area contributed by atoms with E-state index >= 15 is 0 Å². The first-order chi connectivity index (χ1) is 6.59. The van der Waals surface area contributed by atoms with Crippen molar-refractivity contribution < 1.29 is 15.0 Å². The average Bonchev–Trinajstić information content (AvgIpc) is 2.10. The number of aliphatic carboxylic acids is 1. The van der Waals surface area contributed by atoms with Crippen LogP contribution in [0.5, 0.6) is 5.75 Å². The van der Waals surface area contributed by atoms with Gasteiger partial charge in [-0.25, -0.2) is 0 Å². The number of hydrogen-bond acceptors (Lipinski definition) is 2. The first kappa shape index (κ1) is 10.1. The Labute approximate surface area is 82.0 Å². The minimum Gasteiger partial charge on any atom is -0.508 e. The summed E-state index contributed by atoms with van der Waals surface area (Å²) in [7, 11) is 0. The Morgan fingerprint density at radius 1 is 1.50 bits per heavy atom. The number of carboxylic acids is 1. The Balaban J connectivity index is 2.81. The molecule has 14 heavy (non-hydrogen) atoms. The number of aromatic hydroxyl groups is 1. The van der Waals surface area contributed by atoms with Gasteiger partial charge in [0.2, 0.25) is 0 Å². The highest BCUT2D eigenvalue weighted by Crippen LogP contribution is 2.16. The summed E-state index contributed by atoms with van der Waals surface area (Å²) in [5, 5.41) is 17.7. The van der Waals surface area contributed by atoms with Crippen LogP contribution in [0.4, 0.5) is 0 Å². The van der Waals surface area contributed by atoms with Crippen molar-refractivity contribution in [1.29, 1.82) is 0 Å². The largest absolute Gasteiger partial charge is 0.508 e. The number of carbonyl (C=O) groups is 1. The first-order valence-corrected chi connectivity index (χ1v) is 4.10. The van der Waals surface area contributed by atoms with Crippen molar-refractivity contribution in [2.75, 3.05) is 0 Å². The van der Waals surface area contributed by atoms with Gasteiger partial charge in [-0.15, -0.1) is 0 Å². The zero-order valence-corrected chi connectivity index (χ0v) is 7.74. The second-order valence-corrected chi connectivity index (χ2v) is 2.87. The van der Waals surface area contributed by atoms with Crippen molar-refractivity contribution in [3.8, 4) is 17.6 Å². The van der Waals surface area contributed by atoms with Crippen LogP contribution in [-0.2, 0) is 4.79 Å². The Morgan fingerprint density at radius 2 is 2.21 bits per heavy atom. The molecule has 0 atom stereocenters. The summed E-state index contributed by atoms with van der Waals surface area (Å²) in [5.41, 5.74) is 1.39. The van der Waals surface area contributed by atoms with Gasteiger partial charge in [0.05, 0.1) is 0 Å². The van der Waals surface area contributed by atoms with Gasteiger partial charge in [-0.1, -0.05) is 17.9 Å². The molecular weight excluding hydrogens is 180 g/mol.